The monoisotopic (exact) mass is 247 g/mol. The van der Waals surface area contributed by atoms with Crippen molar-refractivity contribution in [1.29, 1.82) is 0 Å². The van der Waals surface area contributed by atoms with Gasteiger partial charge in [-0.2, -0.15) is 0 Å². The molecule has 0 aliphatic heterocycles. The van der Waals surface area contributed by atoms with Crippen LogP contribution in [0.15, 0.2) is 36.4 Å². The van der Waals surface area contributed by atoms with Gasteiger partial charge in [-0.25, -0.2) is 9.97 Å². The maximum absolute atomic E-state index is 4.32. The summed E-state index contributed by atoms with van der Waals surface area (Å²) in [7, 11) is 0. The summed E-state index contributed by atoms with van der Waals surface area (Å²) in [6.45, 7) is 3.72. The molecule has 0 saturated carbocycles. The number of benzene rings is 1. The van der Waals surface area contributed by atoms with Crippen molar-refractivity contribution in [3.05, 3.63) is 47.8 Å². The number of para-hydroxylation sites is 1. The maximum atomic E-state index is 4.32. The molecule has 2 aromatic rings. The van der Waals surface area contributed by atoms with Gasteiger partial charge in [0, 0.05) is 11.4 Å². The van der Waals surface area contributed by atoms with Gasteiger partial charge in [0.1, 0.15) is 5.69 Å². The van der Waals surface area contributed by atoms with Gasteiger partial charge in [0.25, 0.3) is 0 Å². The zero-order valence-electron chi connectivity index (χ0n) is 11.9. The fraction of sp³-hybridized carbons (Fsp3) is 0.143. The zero-order chi connectivity index (χ0) is 12.1. The number of hydrogen-bond acceptors (Lipinski definition) is 3. The number of nitrogens with zero attached hydrogens (tertiary/aromatic N) is 2. The molecule has 0 unspecified atom stereocenters. The molecule has 0 saturated heterocycles. The standard InChI is InChI=1S/C14H13N3.Na.H/c1-3-7-13-10-11(2)15-14(17-13)16-12-8-5-4-6-9-12;;/h4-6,8-10H,1-2H3,(H,15,16,17);;/q;+1;-1. The van der Waals surface area contributed by atoms with Gasteiger partial charge < -0.3 is 6.74 Å². The Bertz CT molecular complexity index is 576. The molecule has 1 aromatic carbocycles. The van der Waals surface area contributed by atoms with Crippen LogP contribution in [0.25, 0.3) is 0 Å². The summed E-state index contributed by atoms with van der Waals surface area (Å²) in [5, 5.41) is 3.15. The van der Waals surface area contributed by atoms with E-state index in [1.54, 1.807) is 6.92 Å². The molecular formula is C14H14N3Na. The zero-order valence-corrected chi connectivity index (χ0v) is 12.9. The van der Waals surface area contributed by atoms with E-state index in [-0.39, 0.29) is 31.0 Å². The Morgan fingerprint density at radius 1 is 1.17 bits per heavy atom. The van der Waals surface area contributed by atoms with Crippen molar-refractivity contribution in [1.82, 2.24) is 9.97 Å². The summed E-state index contributed by atoms with van der Waals surface area (Å²) in [5.41, 5.74) is 2.60. The quantitative estimate of drug-likeness (QED) is 0.600. The molecule has 0 aliphatic rings. The Kier molecular flexibility index (Phi) is 5.87. The molecule has 2 rings (SSSR count). The number of aryl methyl sites for hydroxylation is 1. The van der Waals surface area contributed by atoms with Gasteiger partial charge in [0.15, 0.2) is 0 Å². The molecule has 0 amide bonds. The summed E-state index contributed by atoms with van der Waals surface area (Å²) in [6, 6.07) is 11.7. The van der Waals surface area contributed by atoms with E-state index in [0.29, 0.717) is 5.95 Å². The van der Waals surface area contributed by atoms with Crippen LogP contribution in [0.1, 0.15) is 19.7 Å². The molecule has 1 N–H and O–H groups in total. The SMILES string of the molecule is CC#Cc1cc(C)nc(Nc2ccccc2)n1.[H-].[Na+]. The van der Waals surface area contributed by atoms with Crippen LogP contribution in [0.3, 0.4) is 0 Å². The molecule has 0 fully saturated rings. The Balaban J connectivity index is 0.00000162. The molecule has 0 aliphatic carbocycles. The van der Waals surface area contributed by atoms with Crippen LogP contribution in [0.5, 0.6) is 0 Å². The number of anilines is 2. The van der Waals surface area contributed by atoms with E-state index in [1.807, 2.05) is 43.3 Å². The number of nitrogens with one attached hydrogen (secondary N) is 1. The van der Waals surface area contributed by atoms with Crippen LogP contribution in [0.4, 0.5) is 11.6 Å². The van der Waals surface area contributed by atoms with Crippen molar-refractivity contribution in [2.45, 2.75) is 13.8 Å². The second-order valence-corrected chi connectivity index (χ2v) is 3.58. The molecule has 0 radical (unpaired) electrons. The van der Waals surface area contributed by atoms with Gasteiger partial charge in [-0.05, 0) is 38.0 Å². The minimum absolute atomic E-state index is 0. The summed E-state index contributed by atoms with van der Waals surface area (Å²) in [6.07, 6.45) is 0. The molecule has 1 heterocycles. The van der Waals surface area contributed by atoms with Gasteiger partial charge in [0.2, 0.25) is 5.95 Å². The normalized spacial score (nSPS) is 8.78. The largest absolute Gasteiger partial charge is 1.00 e. The van der Waals surface area contributed by atoms with E-state index < -0.39 is 0 Å². The van der Waals surface area contributed by atoms with Gasteiger partial charge in [-0.15, -0.1) is 0 Å². The van der Waals surface area contributed by atoms with E-state index in [4.69, 9.17) is 0 Å². The van der Waals surface area contributed by atoms with Crippen molar-refractivity contribution in [3.63, 3.8) is 0 Å². The average Bonchev–Trinajstić information content (AvgIpc) is 2.30. The first-order valence-electron chi connectivity index (χ1n) is 5.38. The molecule has 0 spiro atoms. The van der Waals surface area contributed by atoms with Crippen molar-refractivity contribution in [2.75, 3.05) is 5.32 Å². The second-order valence-electron chi connectivity index (χ2n) is 3.58. The molecule has 1 aromatic heterocycles. The van der Waals surface area contributed by atoms with Crippen LogP contribution in [-0.4, -0.2) is 9.97 Å². The average molecular weight is 247 g/mol. The van der Waals surface area contributed by atoms with Crippen molar-refractivity contribution < 1.29 is 31.0 Å². The van der Waals surface area contributed by atoms with Crippen LogP contribution in [0, 0.1) is 18.8 Å². The molecule has 18 heavy (non-hydrogen) atoms. The minimum atomic E-state index is 0. The first kappa shape index (κ1) is 14.7. The Morgan fingerprint density at radius 2 is 1.89 bits per heavy atom. The summed E-state index contributed by atoms with van der Waals surface area (Å²) >= 11 is 0. The minimum Gasteiger partial charge on any atom is -1.00 e. The molecule has 3 nitrogen and oxygen atoms in total. The van der Waals surface area contributed by atoms with Gasteiger partial charge >= 0.3 is 29.6 Å². The smallest absolute Gasteiger partial charge is 1.00 e. The van der Waals surface area contributed by atoms with Gasteiger partial charge in [0.05, 0.1) is 0 Å². The maximum Gasteiger partial charge on any atom is 1.00 e. The molecular weight excluding hydrogens is 233 g/mol. The fourth-order valence-electron chi connectivity index (χ4n) is 1.47. The van der Waals surface area contributed by atoms with Crippen LogP contribution in [0.2, 0.25) is 0 Å². The first-order chi connectivity index (χ1) is 8.28. The predicted molar refractivity (Wildman–Crippen MR) is 70.2 cm³/mol. The summed E-state index contributed by atoms with van der Waals surface area (Å²) < 4.78 is 0. The van der Waals surface area contributed by atoms with E-state index in [2.05, 4.69) is 27.1 Å². The number of rotatable bonds is 2. The summed E-state index contributed by atoms with van der Waals surface area (Å²) in [5.74, 6) is 6.35. The molecule has 86 valence electrons. The Labute approximate surface area is 131 Å². The summed E-state index contributed by atoms with van der Waals surface area (Å²) in [4.78, 5) is 8.64. The third-order valence-corrected chi connectivity index (χ3v) is 2.14. The Hall–Kier alpha value is -1.34. The molecule has 0 bridgehead atoms. The van der Waals surface area contributed by atoms with Crippen molar-refractivity contribution >= 4 is 11.6 Å². The fourth-order valence-corrected chi connectivity index (χ4v) is 1.47. The van der Waals surface area contributed by atoms with Crippen LogP contribution < -0.4 is 34.9 Å². The predicted octanol–water partition coefficient (Wildman–Crippen LogP) is 0.0165. The van der Waals surface area contributed by atoms with Crippen LogP contribution in [-0.2, 0) is 0 Å². The van der Waals surface area contributed by atoms with E-state index >= 15 is 0 Å². The third-order valence-electron chi connectivity index (χ3n) is 2.14. The van der Waals surface area contributed by atoms with E-state index in [1.165, 1.54) is 0 Å². The molecule has 0 atom stereocenters. The van der Waals surface area contributed by atoms with Crippen LogP contribution >= 0.6 is 0 Å². The second kappa shape index (κ2) is 7.17. The molecule has 4 heteroatoms. The van der Waals surface area contributed by atoms with Crippen molar-refractivity contribution in [3.8, 4) is 11.8 Å². The third kappa shape index (κ3) is 4.15. The van der Waals surface area contributed by atoms with Crippen molar-refractivity contribution in [2.24, 2.45) is 0 Å². The number of hydrogen-bond donors (Lipinski definition) is 1. The van der Waals surface area contributed by atoms with E-state index in [9.17, 15) is 0 Å². The van der Waals surface area contributed by atoms with E-state index in [0.717, 1.165) is 17.1 Å². The topological polar surface area (TPSA) is 37.8 Å². The number of aromatic nitrogens is 2. The Morgan fingerprint density at radius 3 is 2.56 bits per heavy atom. The first-order valence-corrected chi connectivity index (χ1v) is 5.38. The van der Waals surface area contributed by atoms with Gasteiger partial charge in [-0.1, -0.05) is 24.1 Å². The van der Waals surface area contributed by atoms with Gasteiger partial charge in [-0.3, -0.25) is 0 Å².